The van der Waals surface area contributed by atoms with Crippen LogP contribution >= 0.6 is 0 Å². The van der Waals surface area contributed by atoms with Crippen LogP contribution in [0.15, 0.2) is 41.3 Å². The lowest BCUT2D eigenvalue weighted by Gasteiger charge is -2.38. The molecular weight excluding hydrogens is 380 g/mol. The monoisotopic (exact) mass is 399 g/mol. The van der Waals surface area contributed by atoms with Gasteiger partial charge in [-0.2, -0.15) is 5.10 Å². The molecule has 3 heterocycles. The molecule has 1 aliphatic heterocycles. The van der Waals surface area contributed by atoms with Crippen molar-refractivity contribution in [3.8, 4) is 22.6 Å². The number of aromatic carboxylic acids is 1. The smallest absolute Gasteiger partial charge is 0.341 e. The van der Waals surface area contributed by atoms with E-state index in [4.69, 9.17) is 0 Å². The number of nitrogens with zero attached hydrogens (tertiary/aromatic N) is 3. The second kappa shape index (κ2) is 6.37. The standard InChI is InChI=1S/C21H19F2N3O3/c1-21(2,3)19-10-26-17(16-8-18(27)13(20(28)29)9-25(16)19)7-15(24-26)12-6-11(22)4-5-14(12)23/h4-9,19H,10H2,1-3H3,(H,28,29)/t19-/m0/s1. The molecular formula is C21H19F2N3O3. The van der Waals surface area contributed by atoms with Crippen LogP contribution in [0.4, 0.5) is 8.78 Å². The summed E-state index contributed by atoms with van der Waals surface area (Å²) in [5.41, 5.74) is 0.0769. The van der Waals surface area contributed by atoms with E-state index in [-0.39, 0.29) is 28.3 Å². The number of hydrogen-bond acceptors (Lipinski definition) is 3. The van der Waals surface area contributed by atoms with E-state index in [0.717, 1.165) is 18.2 Å². The molecule has 3 aromatic rings. The van der Waals surface area contributed by atoms with E-state index in [9.17, 15) is 23.5 Å². The number of carboxylic acids is 1. The second-order valence-corrected chi connectivity index (χ2v) is 8.25. The molecule has 1 aromatic carbocycles. The minimum Gasteiger partial charge on any atom is -0.477 e. The normalized spacial score (nSPS) is 15.7. The van der Waals surface area contributed by atoms with Gasteiger partial charge in [-0.1, -0.05) is 20.8 Å². The molecule has 2 aromatic heterocycles. The van der Waals surface area contributed by atoms with Crippen LogP contribution in [0.3, 0.4) is 0 Å². The van der Waals surface area contributed by atoms with Gasteiger partial charge in [0.15, 0.2) is 5.43 Å². The summed E-state index contributed by atoms with van der Waals surface area (Å²) in [6.45, 7) is 6.40. The summed E-state index contributed by atoms with van der Waals surface area (Å²) in [6.07, 6.45) is 1.36. The fraction of sp³-hybridized carbons (Fsp3) is 0.286. The molecule has 0 aliphatic carbocycles. The van der Waals surface area contributed by atoms with E-state index in [0.29, 0.717) is 17.9 Å². The quantitative estimate of drug-likeness (QED) is 0.708. The lowest BCUT2D eigenvalue weighted by atomic mass is 9.85. The second-order valence-electron chi connectivity index (χ2n) is 8.25. The third kappa shape index (κ3) is 3.14. The van der Waals surface area contributed by atoms with Crippen LogP contribution in [0.5, 0.6) is 0 Å². The molecule has 4 rings (SSSR count). The first-order chi connectivity index (χ1) is 13.6. The zero-order chi connectivity index (χ0) is 21.1. The van der Waals surface area contributed by atoms with Gasteiger partial charge in [0.05, 0.1) is 29.7 Å². The molecule has 1 aliphatic rings. The Bertz CT molecular complexity index is 1200. The van der Waals surface area contributed by atoms with Gasteiger partial charge in [-0.3, -0.25) is 9.48 Å². The molecule has 6 nitrogen and oxygen atoms in total. The highest BCUT2D eigenvalue weighted by Crippen LogP contribution is 2.40. The highest BCUT2D eigenvalue weighted by molar-refractivity contribution is 5.87. The van der Waals surface area contributed by atoms with Crippen molar-refractivity contribution in [1.29, 1.82) is 0 Å². The minimum absolute atomic E-state index is 0.0234. The van der Waals surface area contributed by atoms with Gasteiger partial charge >= 0.3 is 5.97 Å². The van der Waals surface area contributed by atoms with E-state index in [2.05, 4.69) is 5.10 Å². The molecule has 0 fully saturated rings. The van der Waals surface area contributed by atoms with Crippen LogP contribution in [-0.2, 0) is 6.54 Å². The fourth-order valence-corrected chi connectivity index (χ4v) is 3.70. The molecule has 29 heavy (non-hydrogen) atoms. The van der Waals surface area contributed by atoms with E-state index in [1.165, 1.54) is 12.3 Å². The average molecular weight is 399 g/mol. The van der Waals surface area contributed by atoms with Crippen LogP contribution in [-0.4, -0.2) is 25.4 Å². The summed E-state index contributed by atoms with van der Waals surface area (Å²) in [6, 6.07) is 5.80. The summed E-state index contributed by atoms with van der Waals surface area (Å²) >= 11 is 0. The maximum absolute atomic E-state index is 14.3. The van der Waals surface area contributed by atoms with E-state index in [1.54, 1.807) is 15.3 Å². The maximum Gasteiger partial charge on any atom is 0.341 e. The van der Waals surface area contributed by atoms with Crippen LogP contribution in [0.25, 0.3) is 22.6 Å². The Morgan fingerprint density at radius 1 is 1.17 bits per heavy atom. The Hall–Kier alpha value is -3.29. The summed E-state index contributed by atoms with van der Waals surface area (Å²) in [4.78, 5) is 23.8. The number of hydrogen-bond donors (Lipinski definition) is 1. The third-order valence-corrected chi connectivity index (χ3v) is 5.24. The first-order valence-electron chi connectivity index (χ1n) is 9.09. The van der Waals surface area contributed by atoms with Gasteiger partial charge in [0.2, 0.25) is 0 Å². The summed E-state index contributed by atoms with van der Waals surface area (Å²) in [5.74, 6) is -2.48. The van der Waals surface area contributed by atoms with Crippen molar-refractivity contribution < 1.29 is 18.7 Å². The molecule has 8 heteroatoms. The molecule has 0 unspecified atom stereocenters. The van der Waals surface area contributed by atoms with Gasteiger partial charge in [0.1, 0.15) is 17.2 Å². The molecule has 0 saturated heterocycles. The van der Waals surface area contributed by atoms with Gasteiger partial charge < -0.3 is 9.67 Å². The predicted octanol–water partition coefficient (Wildman–Crippen LogP) is 3.96. The summed E-state index contributed by atoms with van der Waals surface area (Å²) in [5, 5.41) is 13.8. The van der Waals surface area contributed by atoms with Gasteiger partial charge in [0, 0.05) is 17.8 Å². The topological polar surface area (TPSA) is 77.1 Å². The zero-order valence-electron chi connectivity index (χ0n) is 16.1. The number of rotatable bonds is 2. The Balaban J connectivity index is 1.96. The van der Waals surface area contributed by atoms with E-state index >= 15 is 0 Å². The first-order valence-corrected chi connectivity index (χ1v) is 9.09. The van der Waals surface area contributed by atoms with E-state index in [1.807, 2.05) is 20.8 Å². The van der Waals surface area contributed by atoms with Crippen molar-refractivity contribution in [3.05, 3.63) is 63.9 Å². The fourth-order valence-electron chi connectivity index (χ4n) is 3.70. The zero-order valence-corrected chi connectivity index (χ0v) is 16.1. The average Bonchev–Trinajstić information content (AvgIpc) is 3.05. The van der Waals surface area contributed by atoms with Gasteiger partial charge in [0.25, 0.3) is 0 Å². The number of fused-ring (bicyclic) bond motifs is 3. The number of pyridine rings is 1. The van der Waals surface area contributed by atoms with Crippen molar-refractivity contribution in [2.75, 3.05) is 0 Å². The SMILES string of the molecule is CC(C)(C)[C@@H]1Cn2nc(-c3cc(F)ccc3F)cc2-c2cc(=O)c(C(=O)O)cn21. The molecule has 1 atom stereocenters. The Morgan fingerprint density at radius 2 is 1.90 bits per heavy atom. The predicted molar refractivity (Wildman–Crippen MR) is 103 cm³/mol. The van der Waals surface area contributed by atoms with Gasteiger partial charge in [-0.25, -0.2) is 13.6 Å². The summed E-state index contributed by atoms with van der Waals surface area (Å²) < 4.78 is 31.3. The lowest BCUT2D eigenvalue weighted by Crippen LogP contribution is -2.35. The maximum atomic E-state index is 14.3. The van der Waals surface area contributed by atoms with Crippen LogP contribution in [0.1, 0.15) is 37.2 Å². The third-order valence-electron chi connectivity index (χ3n) is 5.24. The molecule has 0 saturated carbocycles. The Kier molecular flexibility index (Phi) is 4.18. The highest BCUT2D eigenvalue weighted by atomic mass is 19.1. The number of benzene rings is 1. The molecule has 0 spiro atoms. The van der Waals surface area contributed by atoms with Crippen molar-refractivity contribution in [3.63, 3.8) is 0 Å². The summed E-state index contributed by atoms with van der Waals surface area (Å²) in [7, 11) is 0. The van der Waals surface area contributed by atoms with Crippen LogP contribution < -0.4 is 5.43 Å². The largest absolute Gasteiger partial charge is 0.477 e. The van der Waals surface area contributed by atoms with Crippen molar-refractivity contribution >= 4 is 5.97 Å². The van der Waals surface area contributed by atoms with Crippen LogP contribution in [0.2, 0.25) is 0 Å². The van der Waals surface area contributed by atoms with Crippen molar-refractivity contribution in [2.45, 2.75) is 33.4 Å². The molecule has 0 amide bonds. The molecule has 0 radical (unpaired) electrons. The number of carbonyl (C=O) groups is 1. The molecule has 1 N–H and O–H groups in total. The highest BCUT2D eigenvalue weighted by Gasteiger charge is 2.34. The van der Waals surface area contributed by atoms with Gasteiger partial charge in [-0.15, -0.1) is 0 Å². The van der Waals surface area contributed by atoms with Crippen molar-refractivity contribution in [1.82, 2.24) is 14.3 Å². The molecule has 150 valence electrons. The lowest BCUT2D eigenvalue weighted by molar-refractivity contribution is 0.0693. The minimum atomic E-state index is -1.29. The Morgan fingerprint density at radius 3 is 2.55 bits per heavy atom. The van der Waals surface area contributed by atoms with E-state index < -0.39 is 23.0 Å². The van der Waals surface area contributed by atoms with Crippen molar-refractivity contribution in [2.24, 2.45) is 5.41 Å². The first kappa shape index (κ1) is 19.0. The number of carboxylic acid groups (broad SMARTS) is 1. The van der Waals surface area contributed by atoms with Gasteiger partial charge in [-0.05, 0) is 29.7 Å². The molecule has 0 bridgehead atoms. The van der Waals surface area contributed by atoms with Crippen LogP contribution in [0, 0.1) is 17.0 Å². The Labute approximate surface area is 165 Å². The number of halogens is 2. The number of aromatic nitrogens is 3.